The highest BCUT2D eigenvalue weighted by molar-refractivity contribution is 7.89. The molecule has 0 aliphatic carbocycles. The second kappa shape index (κ2) is 5.64. The first-order valence-electron chi connectivity index (χ1n) is 7.16. The lowest BCUT2D eigenvalue weighted by atomic mass is 10.2. The molecule has 0 bridgehead atoms. The highest BCUT2D eigenvalue weighted by atomic mass is 32.2. The van der Waals surface area contributed by atoms with Gasteiger partial charge < -0.3 is 5.11 Å². The van der Waals surface area contributed by atoms with Gasteiger partial charge in [0.15, 0.2) is 0 Å². The van der Waals surface area contributed by atoms with E-state index in [1.165, 1.54) is 16.4 Å². The quantitative estimate of drug-likeness (QED) is 0.890. The second-order valence-electron chi connectivity index (χ2n) is 5.65. The van der Waals surface area contributed by atoms with E-state index in [4.69, 9.17) is 0 Å². The number of halogens is 1. The zero-order valence-corrected chi connectivity index (χ0v) is 12.5. The third-order valence-electron chi connectivity index (χ3n) is 4.29. The van der Waals surface area contributed by atoms with Crippen LogP contribution in [0.15, 0.2) is 29.2 Å². The molecule has 0 saturated carbocycles. The van der Waals surface area contributed by atoms with Crippen LogP contribution in [0.2, 0.25) is 0 Å². The van der Waals surface area contributed by atoms with Crippen LogP contribution in [-0.2, 0) is 10.0 Å². The second-order valence-corrected chi connectivity index (χ2v) is 7.59. The third-order valence-corrected chi connectivity index (χ3v) is 6.13. The van der Waals surface area contributed by atoms with Gasteiger partial charge in [-0.25, -0.2) is 12.8 Å². The largest absolute Gasteiger partial charge is 0.390 e. The number of hydrogen-bond donors (Lipinski definition) is 1. The highest BCUT2D eigenvalue weighted by Crippen LogP contribution is 2.26. The Morgan fingerprint density at radius 1 is 1.10 bits per heavy atom. The minimum Gasteiger partial charge on any atom is -0.390 e. The summed E-state index contributed by atoms with van der Waals surface area (Å²) in [6.45, 7) is 2.21. The number of benzene rings is 1. The van der Waals surface area contributed by atoms with Gasteiger partial charge in [0.05, 0.1) is 17.0 Å². The molecule has 0 unspecified atom stereocenters. The predicted molar refractivity (Wildman–Crippen MR) is 75.8 cm³/mol. The maximum absolute atomic E-state index is 12.9. The standard InChI is InChI=1S/C14H19FN2O3S/c15-11-3-5-12(6-4-11)21(19,20)17-9-13(14(18)10-17)16-7-1-2-8-16/h3-6,13-14,18H,1-2,7-10H2/t13-,14-/m1/s1. The van der Waals surface area contributed by atoms with Crippen molar-refractivity contribution >= 4 is 10.0 Å². The van der Waals surface area contributed by atoms with E-state index in [1.807, 2.05) is 0 Å². The Kier molecular flexibility index (Phi) is 4.00. The highest BCUT2D eigenvalue weighted by Gasteiger charge is 2.41. The molecule has 5 nitrogen and oxygen atoms in total. The molecule has 2 atom stereocenters. The first kappa shape index (κ1) is 14.9. The fraction of sp³-hybridized carbons (Fsp3) is 0.571. The Labute approximate surface area is 124 Å². The minimum absolute atomic E-state index is 0.0678. The Balaban J connectivity index is 1.79. The summed E-state index contributed by atoms with van der Waals surface area (Å²) >= 11 is 0. The van der Waals surface area contributed by atoms with Crippen molar-refractivity contribution < 1.29 is 17.9 Å². The molecule has 0 spiro atoms. The van der Waals surface area contributed by atoms with E-state index in [2.05, 4.69) is 4.90 Å². The number of rotatable bonds is 3. The average molecular weight is 314 g/mol. The number of nitrogens with zero attached hydrogens (tertiary/aromatic N) is 2. The zero-order valence-electron chi connectivity index (χ0n) is 11.7. The monoisotopic (exact) mass is 314 g/mol. The SMILES string of the molecule is O=S(=O)(c1ccc(F)cc1)N1C[C@@H](O)[C@H](N2CCCC2)C1. The van der Waals surface area contributed by atoms with Crippen LogP contribution in [0.25, 0.3) is 0 Å². The Hall–Kier alpha value is -1.02. The first-order valence-corrected chi connectivity index (χ1v) is 8.60. The van der Waals surface area contributed by atoms with Crippen LogP contribution in [0.3, 0.4) is 0 Å². The molecule has 2 aliphatic rings. The smallest absolute Gasteiger partial charge is 0.243 e. The summed E-state index contributed by atoms with van der Waals surface area (Å²) < 4.78 is 39.3. The van der Waals surface area contributed by atoms with E-state index in [1.54, 1.807) is 0 Å². The molecule has 21 heavy (non-hydrogen) atoms. The van der Waals surface area contributed by atoms with Crippen molar-refractivity contribution in [3.63, 3.8) is 0 Å². The van der Waals surface area contributed by atoms with Gasteiger partial charge in [-0.15, -0.1) is 0 Å². The molecule has 1 aromatic carbocycles. The van der Waals surface area contributed by atoms with E-state index in [9.17, 15) is 17.9 Å². The molecule has 0 radical (unpaired) electrons. The normalized spacial score (nSPS) is 28.3. The van der Waals surface area contributed by atoms with E-state index < -0.39 is 21.9 Å². The van der Waals surface area contributed by atoms with Gasteiger partial charge in [0.2, 0.25) is 10.0 Å². The molecule has 0 aromatic heterocycles. The number of hydrogen-bond acceptors (Lipinski definition) is 4. The van der Waals surface area contributed by atoms with Gasteiger partial charge in [0.25, 0.3) is 0 Å². The van der Waals surface area contributed by atoms with E-state index in [0.29, 0.717) is 6.54 Å². The predicted octanol–water partition coefficient (Wildman–Crippen LogP) is 0.655. The molecule has 2 saturated heterocycles. The van der Waals surface area contributed by atoms with Crippen LogP contribution in [-0.4, -0.2) is 61.1 Å². The first-order chi connectivity index (χ1) is 9.98. The van der Waals surface area contributed by atoms with Crippen molar-refractivity contribution in [2.45, 2.75) is 29.9 Å². The number of aliphatic hydroxyl groups excluding tert-OH is 1. The molecule has 0 amide bonds. The summed E-state index contributed by atoms with van der Waals surface area (Å²) in [5.74, 6) is -0.467. The summed E-state index contributed by atoms with van der Waals surface area (Å²) in [6.07, 6.45) is 1.51. The lowest BCUT2D eigenvalue weighted by Gasteiger charge is -2.25. The lowest BCUT2D eigenvalue weighted by molar-refractivity contribution is 0.0983. The summed E-state index contributed by atoms with van der Waals surface area (Å²) in [5.41, 5.74) is 0. The summed E-state index contributed by atoms with van der Waals surface area (Å²) in [7, 11) is -3.67. The Bertz CT molecular complexity index is 599. The number of likely N-dealkylation sites (tertiary alicyclic amines) is 1. The molecule has 1 aromatic rings. The fourth-order valence-corrected chi connectivity index (χ4v) is 4.60. The van der Waals surface area contributed by atoms with Gasteiger partial charge in [-0.2, -0.15) is 4.31 Å². The van der Waals surface area contributed by atoms with Crippen LogP contribution in [0, 0.1) is 5.82 Å². The molecule has 2 fully saturated rings. The maximum atomic E-state index is 12.9. The third kappa shape index (κ3) is 2.83. The van der Waals surface area contributed by atoms with Crippen LogP contribution in [0.5, 0.6) is 0 Å². The van der Waals surface area contributed by atoms with E-state index >= 15 is 0 Å². The Morgan fingerprint density at radius 2 is 1.71 bits per heavy atom. The molecular formula is C14H19FN2O3S. The van der Waals surface area contributed by atoms with Gasteiger partial charge in [-0.05, 0) is 50.2 Å². The summed E-state index contributed by atoms with van der Waals surface area (Å²) in [5, 5.41) is 10.2. The van der Waals surface area contributed by atoms with E-state index in [0.717, 1.165) is 38.1 Å². The minimum atomic E-state index is -3.67. The van der Waals surface area contributed by atoms with Gasteiger partial charge in [0.1, 0.15) is 5.82 Å². The number of β-amino-alcohol motifs (C(OH)–C–C–N with tert-alkyl or cyclic N) is 1. The summed E-state index contributed by atoms with van der Waals surface area (Å²) in [6, 6.07) is 4.66. The zero-order chi connectivity index (χ0) is 15.0. The van der Waals surface area contributed by atoms with Crippen molar-refractivity contribution in [2.75, 3.05) is 26.2 Å². The van der Waals surface area contributed by atoms with Crippen molar-refractivity contribution in [1.82, 2.24) is 9.21 Å². The van der Waals surface area contributed by atoms with Gasteiger partial charge in [-0.1, -0.05) is 0 Å². The molecule has 1 N–H and O–H groups in total. The van der Waals surface area contributed by atoms with Crippen molar-refractivity contribution in [3.05, 3.63) is 30.1 Å². The lowest BCUT2D eigenvalue weighted by Crippen LogP contribution is -2.41. The maximum Gasteiger partial charge on any atom is 0.243 e. The fourth-order valence-electron chi connectivity index (χ4n) is 3.12. The van der Waals surface area contributed by atoms with E-state index in [-0.39, 0.29) is 17.5 Å². The van der Waals surface area contributed by atoms with Gasteiger partial charge >= 0.3 is 0 Å². The van der Waals surface area contributed by atoms with Crippen molar-refractivity contribution in [3.8, 4) is 0 Å². The number of aliphatic hydroxyl groups is 1. The van der Waals surface area contributed by atoms with Crippen molar-refractivity contribution in [2.24, 2.45) is 0 Å². The molecule has 7 heteroatoms. The molecular weight excluding hydrogens is 295 g/mol. The van der Waals surface area contributed by atoms with Crippen LogP contribution in [0.1, 0.15) is 12.8 Å². The topological polar surface area (TPSA) is 60.9 Å². The average Bonchev–Trinajstić information content (AvgIpc) is 3.08. The summed E-state index contributed by atoms with van der Waals surface area (Å²) in [4.78, 5) is 2.23. The van der Waals surface area contributed by atoms with Crippen LogP contribution in [0.4, 0.5) is 4.39 Å². The van der Waals surface area contributed by atoms with Crippen LogP contribution < -0.4 is 0 Å². The van der Waals surface area contributed by atoms with Gasteiger partial charge in [0, 0.05) is 13.1 Å². The number of sulfonamides is 1. The Morgan fingerprint density at radius 3 is 2.33 bits per heavy atom. The van der Waals surface area contributed by atoms with Gasteiger partial charge in [-0.3, -0.25) is 4.90 Å². The van der Waals surface area contributed by atoms with Crippen LogP contribution >= 0.6 is 0 Å². The van der Waals surface area contributed by atoms with Crippen molar-refractivity contribution in [1.29, 1.82) is 0 Å². The molecule has 2 aliphatic heterocycles. The molecule has 116 valence electrons. The molecule has 2 heterocycles. The molecule has 3 rings (SSSR count).